The van der Waals surface area contributed by atoms with Crippen LogP contribution in [0.1, 0.15) is 41.9 Å². The molecule has 130 valence electrons. The van der Waals surface area contributed by atoms with Crippen LogP contribution in [0.4, 0.5) is 0 Å². The van der Waals surface area contributed by atoms with Gasteiger partial charge >= 0.3 is 0 Å². The molecule has 0 radical (unpaired) electrons. The van der Waals surface area contributed by atoms with Gasteiger partial charge in [0.1, 0.15) is 12.0 Å². The summed E-state index contributed by atoms with van der Waals surface area (Å²) in [7, 11) is 0. The van der Waals surface area contributed by atoms with Gasteiger partial charge in [-0.2, -0.15) is 0 Å². The molecule has 7 nitrogen and oxygen atoms in total. The summed E-state index contributed by atoms with van der Waals surface area (Å²) in [6.07, 6.45) is 5.84. The highest BCUT2D eigenvalue weighted by Crippen LogP contribution is 2.24. The fourth-order valence-corrected chi connectivity index (χ4v) is 3.57. The van der Waals surface area contributed by atoms with E-state index in [2.05, 4.69) is 9.97 Å². The van der Waals surface area contributed by atoms with Crippen LogP contribution in [0, 0.1) is 11.8 Å². The Morgan fingerprint density at radius 2 is 2.04 bits per heavy atom. The monoisotopic (exact) mass is 332 g/mol. The minimum absolute atomic E-state index is 0.109. The topological polar surface area (TPSA) is 98.4 Å². The van der Waals surface area contributed by atoms with Gasteiger partial charge in [0.15, 0.2) is 0 Å². The minimum Gasteiger partial charge on any atom is -0.381 e. The molecular formula is C17H24N4O3. The molecule has 1 aromatic heterocycles. The van der Waals surface area contributed by atoms with Crippen molar-refractivity contribution in [2.45, 2.75) is 32.1 Å². The lowest BCUT2D eigenvalue weighted by atomic mass is 9.91. The van der Waals surface area contributed by atoms with E-state index in [-0.39, 0.29) is 17.5 Å². The molecule has 3 rings (SSSR count). The summed E-state index contributed by atoms with van der Waals surface area (Å²) in [6.45, 7) is 2.96. The first-order valence-corrected chi connectivity index (χ1v) is 8.60. The van der Waals surface area contributed by atoms with E-state index >= 15 is 0 Å². The Morgan fingerprint density at radius 1 is 1.25 bits per heavy atom. The number of carbonyl (C=O) groups is 2. The van der Waals surface area contributed by atoms with Crippen molar-refractivity contribution in [2.24, 2.45) is 17.6 Å². The van der Waals surface area contributed by atoms with Crippen molar-refractivity contribution in [3.8, 4) is 0 Å². The lowest BCUT2D eigenvalue weighted by Gasteiger charge is -2.35. The summed E-state index contributed by atoms with van der Waals surface area (Å²) in [4.78, 5) is 34.0. The molecule has 2 amide bonds. The molecule has 0 saturated carbocycles. The number of nitrogens with two attached hydrogens (primary N) is 1. The third-order valence-corrected chi connectivity index (χ3v) is 4.88. The van der Waals surface area contributed by atoms with Crippen LogP contribution in [0.25, 0.3) is 0 Å². The van der Waals surface area contributed by atoms with E-state index in [1.165, 1.54) is 6.33 Å². The van der Waals surface area contributed by atoms with Crippen LogP contribution in [-0.2, 0) is 16.0 Å². The first-order chi connectivity index (χ1) is 11.6. The van der Waals surface area contributed by atoms with Crippen molar-refractivity contribution in [1.82, 2.24) is 14.9 Å². The molecule has 1 unspecified atom stereocenters. The third kappa shape index (κ3) is 4.08. The normalized spacial score (nSPS) is 22.3. The molecule has 2 fully saturated rings. The second-order valence-electron chi connectivity index (χ2n) is 6.64. The average Bonchev–Trinajstić information content (AvgIpc) is 2.62. The van der Waals surface area contributed by atoms with Crippen LogP contribution in [0.15, 0.2) is 12.4 Å². The van der Waals surface area contributed by atoms with Gasteiger partial charge in [-0.05, 0) is 44.1 Å². The molecule has 7 heteroatoms. The minimum atomic E-state index is -0.543. The number of nitrogens with zero attached hydrogens (tertiary/aromatic N) is 3. The molecule has 2 aliphatic heterocycles. The van der Waals surface area contributed by atoms with E-state index in [1.54, 1.807) is 6.07 Å². The summed E-state index contributed by atoms with van der Waals surface area (Å²) in [6, 6.07) is 1.65. The average molecular weight is 332 g/mol. The van der Waals surface area contributed by atoms with Crippen molar-refractivity contribution in [1.29, 1.82) is 0 Å². The number of carbonyl (C=O) groups excluding carboxylic acids is 2. The lowest BCUT2D eigenvalue weighted by molar-refractivity contribution is -0.140. The standard InChI is InChI=1S/C17H24N4O3/c18-16(22)15-9-14(19-11-20-15)8-12-2-1-5-21(10-12)17(23)13-3-6-24-7-4-13/h9,11-13H,1-8,10H2,(H2,18,22). The Labute approximate surface area is 141 Å². The quantitative estimate of drug-likeness (QED) is 0.878. The van der Waals surface area contributed by atoms with E-state index < -0.39 is 5.91 Å². The zero-order valence-electron chi connectivity index (χ0n) is 13.8. The number of amides is 2. The van der Waals surface area contributed by atoms with E-state index in [9.17, 15) is 9.59 Å². The largest absolute Gasteiger partial charge is 0.381 e. The van der Waals surface area contributed by atoms with Gasteiger partial charge in [0.2, 0.25) is 5.91 Å². The van der Waals surface area contributed by atoms with Crippen LogP contribution in [0.5, 0.6) is 0 Å². The molecule has 0 aliphatic carbocycles. The number of likely N-dealkylation sites (tertiary alicyclic amines) is 1. The molecule has 3 heterocycles. The Kier molecular flexibility index (Phi) is 5.40. The maximum absolute atomic E-state index is 12.7. The summed E-state index contributed by atoms with van der Waals surface area (Å²) in [5, 5.41) is 0. The first-order valence-electron chi connectivity index (χ1n) is 8.60. The second kappa shape index (κ2) is 7.70. The van der Waals surface area contributed by atoms with Crippen LogP contribution >= 0.6 is 0 Å². The van der Waals surface area contributed by atoms with Gasteiger partial charge in [0.25, 0.3) is 5.91 Å². The summed E-state index contributed by atoms with van der Waals surface area (Å²) >= 11 is 0. The van der Waals surface area contributed by atoms with Crippen LogP contribution in [0.2, 0.25) is 0 Å². The van der Waals surface area contributed by atoms with Crippen molar-refractivity contribution < 1.29 is 14.3 Å². The van der Waals surface area contributed by atoms with Crippen molar-refractivity contribution in [3.63, 3.8) is 0 Å². The van der Waals surface area contributed by atoms with Crippen molar-refractivity contribution >= 4 is 11.8 Å². The Bertz CT molecular complexity index is 601. The van der Waals surface area contributed by atoms with E-state index in [0.29, 0.717) is 19.1 Å². The maximum Gasteiger partial charge on any atom is 0.267 e. The molecule has 0 bridgehead atoms. The van der Waals surface area contributed by atoms with E-state index in [1.807, 2.05) is 4.90 Å². The van der Waals surface area contributed by atoms with Gasteiger partial charge in [-0.1, -0.05) is 0 Å². The van der Waals surface area contributed by atoms with Gasteiger partial charge in [-0.3, -0.25) is 9.59 Å². The zero-order chi connectivity index (χ0) is 16.9. The van der Waals surface area contributed by atoms with E-state index in [4.69, 9.17) is 10.5 Å². The summed E-state index contributed by atoms with van der Waals surface area (Å²) in [5.41, 5.74) is 6.32. The third-order valence-electron chi connectivity index (χ3n) is 4.88. The van der Waals surface area contributed by atoms with Gasteiger partial charge in [-0.25, -0.2) is 9.97 Å². The van der Waals surface area contributed by atoms with Gasteiger partial charge < -0.3 is 15.4 Å². The van der Waals surface area contributed by atoms with Crippen LogP contribution in [0.3, 0.4) is 0 Å². The number of primary amides is 1. The van der Waals surface area contributed by atoms with Crippen LogP contribution in [-0.4, -0.2) is 53.0 Å². The molecule has 1 atom stereocenters. The number of ether oxygens (including phenoxy) is 1. The highest BCUT2D eigenvalue weighted by molar-refractivity contribution is 5.90. The number of hydrogen-bond acceptors (Lipinski definition) is 5. The molecular weight excluding hydrogens is 308 g/mol. The fraction of sp³-hybridized carbons (Fsp3) is 0.647. The molecule has 2 N–H and O–H groups in total. The van der Waals surface area contributed by atoms with Crippen LogP contribution < -0.4 is 5.73 Å². The molecule has 2 saturated heterocycles. The number of hydrogen-bond donors (Lipinski definition) is 1. The number of piperidine rings is 1. The summed E-state index contributed by atoms with van der Waals surface area (Å²) in [5.74, 6) is 0.193. The zero-order valence-corrected chi connectivity index (χ0v) is 13.8. The molecule has 2 aliphatic rings. The first kappa shape index (κ1) is 16.8. The number of aromatic nitrogens is 2. The molecule has 1 aromatic rings. The van der Waals surface area contributed by atoms with E-state index in [0.717, 1.165) is 50.9 Å². The highest BCUT2D eigenvalue weighted by Gasteiger charge is 2.30. The fourth-order valence-electron chi connectivity index (χ4n) is 3.57. The maximum atomic E-state index is 12.7. The molecule has 0 spiro atoms. The molecule has 24 heavy (non-hydrogen) atoms. The Hall–Kier alpha value is -2.02. The van der Waals surface area contributed by atoms with Crippen molar-refractivity contribution in [2.75, 3.05) is 26.3 Å². The van der Waals surface area contributed by atoms with Crippen molar-refractivity contribution in [3.05, 3.63) is 23.8 Å². The predicted molar refractivity (Wildman–Crippen MR) is 87.1 cm³/mol. The number of rotatable bonds is 4. The Balaban J connectivity index is 1.60. The van der Waals surface area contributed by atoms with Gasteiger partial charge in [0.05, 0.1) is 0 Å². The smallest absolute Gasteiger partial charge is 0.267 e. The van der Waals surface area contributed by atoms with Gasteiger partial charge in [0, 0.05) is 37.9 Å². The SMILES string of the molecule is NC(=O)c1cc(CC2CCCN(C(=O)C3CCOCC3)C2)ncn1. The Morgan fingerprint density at radius 3 is 2.79 bits per heavy atom. The lowest BCUT2D eigenvalue weighted by Crippen LogP contribution is -2.44. The molecule has 0 aromatic carbocycles. The summed E-state index contributed by atoms with van der Waals surface area (Å²) < 4.78 is 5.35. The highest BCUT2D eigenvalue weighted by atomic mass is 16.5. The predicted octanol–water partition coefficient (Wildman–Crippen LogP) is 0.783. The van der Waals surface area contributed by atoms with Gasteiger partial charge in [-0.15, -0.1) is 0 Å². The second-order valence-corrected chi connectivity index (χ2v) is 6.64.